The monoisotopic (exact) mass is 441 g/mol. The minimum atomic E-state index is 0.330. The molecule has 0 atom stereocenters. The van der Waals surface area contributed by atoms with E-state index >= 15 is 0 Å². The van der Waals surface area contributed by atoms with Crippen molar-refractivity contribution in [3.8, 4) is 0 Å². The Morgan fingerprint density at radius 3 is 0.742 bits per heavy atom. The van der Waals surface area contributed by atoms with Gasteiger partial charge in [-0.15, -0.1) is 0 Å². The van der Waals surface area contributed by atoms with Crippen LogP contribution in [-0.2, 0) is 0 Å². The molecule has 0 fully saturated rings. The normalized spacial score (nSPS) is 11.4. The van der Waals surface area contributed by atoms with Gasteiger partial charge in [-0.25, -0.2) is 0 Å². The van der Waals surface area contributed by atoms with E-state index in [4.69, 9.17) is 10.2 Å². The van der Waals surface area contributed by atoms with E-state index < -0.39 is 0 Å². The zero-order valence-electron chi connectivity index (χ0n) is 21.2. The van der Waals surface area contributed by atoms with Gasteiger partial charge in [0, 0.05) is 13.2 Å². The summed E-state index contributed by atoms with van der Waals surface area (Å²) in [5, 5.41) is 20.9. The first kappa shape index (κ1) is 30.9. The molecule has 0 amide bonds. The summed E-state index contributed by atoms with van der Waals surface area (Å²) in [6.45, 7) is 2.91. The highest BCUT2D eigenvalue weighted by Crippen LogP contribution is 2.15. The number of nitrogens with one attached hydrogen (secondary N) is 1. The smallest absolute Gasteiger partial charge is 0.0431 e. The second kappa shape index (κ2) is 29.9. The van der Waals surface area contributed by atoms with Crippen molar-refractivity contribution in [1.82, 2.24) is 5.32 Å². The van der Waals surface area contributed by atoms with Gasteiger partial charge >= 0.3 is 0 Å². The van der Waals surface area contributed by atoms with Crippen LogP contribution in [0.1, 0.15) is 154 Å². The van der Waals surface area contributed by atoms with Gasteiger partial charge in [0.25, 0.3) is 0 Å². The van der Waals surface area contributed by atoms with Crippen LogP contribution in [0.25, 0.3) is 0 Å². The molecule has 0 aliphatic carbocycles. The molecule has 0 aliphatic rings. The van der Waals surface area contributed by atoms with E-state index in [2.05, 4.69) is 5.32 Å². The van der Waals surface area contributed by atoms with Crippen molar-refractivity contribution in [2.75, 3.05) is 26.3 Å². The van der Waals surface area contributed by atoms with E-state index in [1.807, 2.05) is 0 Å². The summed E-state index contributed by atoms with van der Waals surface area (Å²) >= 11 is 0. The van der Waals surface area contributed by atoms with Gasteiger partial charge < -0.3 is 15.5 Å². The van der Waals surface area contributed by atoms with Crippen molar-refractivity contribution in [3.63, 3.8) is 0 Å². The van der Waals surface area contributed by atoms with E-state index in [0.717, 1.165) is 32.4 Å². The Labute approximate surface area is 196 Å². The zero-order valence-corrected chi connectivity index (χ0v) is 21.2. The molecule has 0 spiro atoms. The van der Waals surface area contributed by atoms with Crippen LogP contribution in [0.2, 0.25) is 0 Å². The van der Waals surface area contributed by atoms with E-state index in [0.29, 0.717) is 13.2 Å². The first-order valence-corrected chi connectivity index (χ1v) is 14.3. The molecule has 188 valence electrons. The van der Waals surface area contributed by atoms with Gasteiger partial charge in [-0.1, -0.05) is 128 Å². The maximum Gasteiger partial charge on any atom is 0.0431 e. The van der Waals surface area contributed by atoms with Gasteiger partial charge in [0.15, 0.2) is 0 Å². The van der Waals surface area contributed by atoms with E-state index in [9.17, 15) is 0 Å². The third-order valence-electron chi connectivity index (χ3n) is 6.52. The van der Waals surface area contributed by atoms with Crippen molar-refractivity contribution >= 4 is 0 Å². The molecule has 0 aliphatic heterocycles. The molecule has 0 unspecified atom stereocenters. The predicted octanol–water partition coefficient (Wildman–Crippen LogP) is 7.92. The number of rotatable bonds is 28. The van der Waals surface area contributed by atoms with Crippen LogP contribution < -0.4 is 5.32 Å². The minimum Gasteiger partial charge on any atom is -0.396 e. The van der Waals surface area contributed by atoms with E-state index in [1.165, 1.54) is 135 Å². The average molecular weight is 442 g/mol. The van der Waals surface area contributed by atoms with Gasteiger partial charge in [-0.05, 0) is 38.8 Å². The Morgan fingerprint density at radius 2 is 0.452 bits per heavy atom. The van der Waals surface area contributed by atoms with Gasteiger partial charge in [0.05, 0.1) is 0 Å². The number of hydrogen-bond acceptors (Lipinski definition) is 3. The Morgan fingerprint density at radius 1 is 0.258 bits per heavy atom. The molecule has 0 rings (SSSR count). The SMILES string of the molecule is OCCCCCCCCCCCCCCCCCCCCCCCCNCCCCO. The fourth-order valence-electron chi connectivity index (χ4n) is 4.38. The van der Waals surface area contributed by atoms with Crippen LogP contribution in [0, 0.1) is 0 Å². The second-order valence-electron chi connectivity index (χ2n) is 9.68. The molecule has 0 bridgehead atoms. The lowest BCUT2D eigenvalue weighted by molar-refractivity contribution is 0.282. The van der Waals surface area contributed by atoms with E-state index in [1.54, 1.807) is 0 Å². The molecule has 0 aromatic carbocycles. The van der Waals surface area contributed by atoms with Crippen LogP contribution in [0.5, 0.6) is 0 Å². The quantitative estimate of drug-likeness (QED) is 0.108. The Kier molecular flexibility index (Phi) is 29.8. The van der Waals surface area contributed by atoms with Crippen molar-refractivity contribution < 1.29 is 10.2 Å². The molecule has 3 nitrogen and oxygen atoms in total. The van der Waals surface area contributed by atoms with Crippen LogP contribution in [-0.4, -0.2) is 36.5 Å². The van der Waals surface area contributed by atoms with Crippen molar-refractivity contribution in [3.05, 3.63) is 0 Å². The number of hydrogen-bond donors (Lipinski definition) is 3. The summed E-state index contributed by atoms with van der Waals surface area (Å²) in [7, 11) is 0. The lowest BCUT2D eigenvalue weighted by atomic mass is 10.0. The van der Waals surface area contributed by atoms with Crippen LogP contribution in [0.4, 0.5) is 0 Å². The summed E-state index contributed by atoms with van der Waals surface area (Å²) < 4.78 is 0. The number of unbranched alkanes of at least 4 members (excludes halogenated alkanes) is 22. The van der Waals surface area contributed by atoms with Crippen molar-refractivity contribution in [2.24, 2.45) is 0 Å². The molecule has 3 heteroatoms. The predicted molar refractivity (Wildman–Crippen MR) is 138 cm³/mol. The zero-order chi connectivity index (χ0) is 22.5. The fraction of sp³-hybridized carbons (Fsp3) is 1.00. The lowest BCUT2D eigenvalue weighted by Gasteiger charge is -2.05. The molecule has 3 N–H and O–H groups in total. The number of aliphatic hydroxyl groups is 2. The Bertz CT molecular complexity index is 271. The maximum absolute atomic E-state index is 8.75. The highest BCUT2D eigenvalue weighted by atomic mass is 16.3. The molecule has 0 heterocycles. The standard InChI is InChI=1S/C28H59NO2/c30-27-23-20-18-16-14-12-10-8-6-4-2-1-3-5-7-9-11-13-15-17-19-21-25-29-26-22-24-28-31/h29-31H,1-28H2. The Balaban J connectivity index is 2.98. The highest BCUT2D eigenvalue weighted by molar-refractivity contribution is 4.53. The van der Waals surface area contributed by atoms with Crippen LogP contribution in [0.3, 0.4) is 0 Å². The third-order valence-corrected chi connectivity index (χ3v) is 6.52. The van der Waals surface area contributed by atoms with Gasteiger partial charge in [0.1, 0.15) is 0 Å². The topological polar surface area (TPSA) is 52.5 Å². The maximum atomic E-state index is 8.75. The molecule has 31 heavy (non-hydrogen) atoms. The largest absolute Gasteiger partial charge is 0.396 e. The Hall–Kier alpha value is -0.120. The molecule has 0 saturated heterocycles. The van der Waals surface area contributed by atoms with Crippen molar-refractivity contribution in [2.45, 2.75) is 154 Å². The molecule has 0 aromatic rings. The minimum absolute atomic E-state index is 0.330. The lowest BCUT2D eigenvalue weighted by Crippen LogP contribution is -2.16. The van der Waals surface area contributed by atoms with Crippen LogP contribution >= 0.6 is 0 Å². The summed E-state index contributed by atoms with van der Waals surface area (Å²) in [4.78, 5) is 0. The third kappa shape index (κ3) is 29.9. The molecule has 0 saturated carbocycles. The van der Waals surface area contributed by atoms with Crippen LogP contribution in [0.15, 0.2) is 0 Å². The summed E-state index contributed by atoms with van der Waals surface area (Å²) in [5.41, 5.74) is 0. The summed E-state index contributed by atoms with van der Waals surface area (Å²) in [5.74, 6) is 0. The van der Waals surface area contributed by atoms with E-state index in [-0.39, 0.29) is 0 Å². The second-order valence-corrected chi connectivity index (χ2v) is 9.68. The van der Waals surface area contributed by atoms with Crippen molar-refractivity contribution in [1.29, 1.82) is 0 Å². The summed E-state index contributed by atoms with van der Waals surface area (Å²) in [6, 6.07) is 0. The summed E-state index contributed by atoms with van der Waals surface area (Å²) in [6.07, 6.45) is 32.6. The first-order valence-electron chi connectivity index (χ1n) is 14.3. The first-order chi connectivity index (χ1) is 15.4. The molecule has 0 aromatic heterocycles. The fourth-order valence-corrected chi connectivity index (χ4v) is 4.38. The average Bonchev–Trinajstić information content (AvgIpc) is 2.78. The molecule has 0 radical (unpaired) electrons. The van der Waals surface area contributed by atoms with Gasteiger partial charge in [-0.3, -0.25) is 0 Å². The van der Waals surface area contributed by atoms with Gasteiger partial charge in [-0.2, -0.15) is 0 Å². The van der Waals surface area contributed by atoms with Gasteiger partial charge in [0.2, 0.25) is 0 Å². The number of aliphatic hydroxyl groups excluding tert-OH is 2. The molecular weight excluding hydrogens is 382 g/mol. The molecular formula is C28H59NO2. The highest BCUT2D eigenvalue weighted by Gasteiger charge is 1.96.